The summed E-state index contributed by atoms with van der Waals surface area (Å²) in [6, 6.07) is 5.00. The van der Waals surface area contributed by atoms with E-state index in [1.54, 1.807) is 18.3 Å². The normalized spacial score (nSPS) is 17.5. The number of benzene rings is 1. The number of dihydropyridines is 1. The average Bonchev–Trinajstić information content (AvgIpc) is 3.02. The van der Waals surface area contributed by atoms with Crippen LogP contribution in [0.1, 0.15) is 30.0 Å². The van der Waals surface area contributed by atoms with E-state index in [2.05, 4.69) is 10.2 Å². The first kappa shape index (κ1) is 22.2. The van der Waals surface area contributed by atoms with E-state index in [1.807, 2.05) is 0 Å². The molecule has 2 heterocycles. The summed E-state index contributed by atoms with van der Waals surface area (Å²) in [4.78, 5) is 0. The van der Waals surface area contributed by atoms with Crippen molar-refractivity contribution in [3.05, 3.63) is 51.7 Å². The van der Waals surface area contributed by atoms with Gasteiger partial charge in [-0.25, -0.2) is 4.39 Å². The molecule has 2 aromatic rings. The summed E-state index contributed by atoms with van der Waals surface area (Å²) in [7, 11) is 0. The highest BCUT2D eigenvalue weighted by molar-refractivity contribution is 5.82. The lowest BCUT2D eigenvalue weighted by Crippen LogP contribution is -2.34. The van der Waals surface area contributed by atoms with Crippen LogP contribution in [-0.4, -0.2) is 22.5 Å². The van der Waals surface area contributed by atoms with Gasteiger partial charge in [-0.05, 0) is 25.5 Å². The van der Waals surface area contributed by atoms with Crippen LogP contribution in [0.5, 0.6) is 0 Å². The van der Waals surface area contributed by atoms with E-state index in [1.165, 1.54) is 6.07 Å². The highest BCUT2D eigenvalue weighted by Gasteiger charge is 2.45. The maximum absolute atomic E-state index is 14.9. The van der Waals surface area contributed by atoms with Crippen LogP contribution in [0.25, 0.3) is 10.9 Å². The number of H-pyrrole nitrogens is 1. The summed E-state index contributed by atoms with van der Waals surface area (Å²) in [5.41, 5.74) is -3.74. The van der Waals surface area contributed by atoms with Crippen molar-refractivity contribution in [3.8, 4) is 12.1 Å². The van der Waals surface area contributed by atoms with Crippen LogP contribution in [-0.2, 0) is 0 Å². The lowest BCUT2D eigenvalue weighted by molar-refractivity contribution is -0.134. The molecule has 0 fully saturated rings. The van der Waals surface area contributed by atoms with Crippen molar-refractivity contribution >= 4 is 10.9 Å². The van der Waals surface area contributed by atoms with Gasteiger partial charge in [-0.3, -0.25) is 5.10 Å². The zero-order chi connectivity index (χ0) is 23.1. The van der Waals surface area contributed by atoms with Crippen molar-refractivity contribution in [3.63, 3.8) is 0 Å². The molecule has 1 aliphatic rings. The van der Waals surface area contributed by atoms with Crippen LogP contribution in [0.3, 0.4) is 0 Å². The van der Waals surface area contributed by atoms with E-state index in [0.717, 1.165) is 12.1 Å². The van der Waals surface area contributed by atoms with Crippen LogP contribution >= 0.6 is 0 Å². The number of allylic oxidation sites excluding steroid dienone is 4. The van der Waals surface area contributed by atoms with E-state index >= 15 is 0 Å². The molecule has 1 aromatic carbocycles. The van der Waals surface area contributed by atoms with Crippen molar-refractivity contribution in [2.45, 2.75) is 38.0 Å². The SMILES string of the molecule is Cc1n[nH]c2cc(F)c(C3C(C#N)=C(CCC(F)(F)F)NC(C(F)(F)F)=C3C#N)cc12. The molecular formula is C19H12F7N5. The summed E-state index contributed by atoms with van der Waals surface area (Å²) in [6.07, 6.45) is -12.3. The van der Waals surface area contributed by atoms with E-state index in [9.17, 15) is 41.3 Å². The molecule has 0 aliphatic carbocycles. The second-order valence-electron chi connectivity index (χ2n) is 6.80. The number of halogens is 7. The monoisotopic (exact) mass is 443 g/mol. The maximum atomic E-state index is 14.9. The molecule has 1 aromatic heterocycles. The Morgan fingerprint density at radius 3 is 2.26 bits per heavy atom. The summed E-state index contributed by atoms with van der Waals surface area (Å²) in [6.45, 7) is 1.54. The fourth-order valence-corrected chi connectivity index (χ4v) is 3.41. The van der Waals surface area contributed by atoms with Gasteiger partial charge >= 0.3 is 12.4 Å². The van der Waals surface area contributed by atoms with Gasteiger partial charge in [0.15, 0.2) is 0 Å². The Hall–Kier alpha value is -3.54. The minimum absolute atomic E-state index is 0.228. The van der Waals surface area contributed by atoms with Crippen LogP contribution < -0.4 is 5.32 Å². The van der Waals surface area contributed by atoms with E-state index in [0.29, 0.717) is 11.1 Å². The zero-order valence-corrected chi connectivity index (χ0v) is 15.6. The van der Waals surface area contributed by atoms with Gasteiger partial charge < -0.3 is 5.32 Å². The number of aromatic nitrogens is 2. The first-order valence-corrected chi connectivity index (χ1v) is 8.70. The fourth-order valence-electron chi connectivity index (χ4n) is 3.41. The molecule has 1 aliphatic heterocycles. The number of fused-ring (bicyclic) bond motifs is 1. The number of alkyl halides is 6. The predicted octanol–water partition coefficient (Wildman–Crippen LogP) is 5.16. The molecule has 5 nitrogen and oxygen atoms in total. The molecule has 3 rings (SSSR count). The molecule has 1 unspecified atom stereocenters. The van der Waals surface area contributed by atoms with Gasteiger partial charge in [-0.2, -0.15) is 42.0 Å². The summed E-state index contributed by atoms with van der Waals surface area (Å²) < 4.78 is 93.8. The Bertz CT molecular complexity index is 1190. The Balaban J connectivity index is 2.29. The molecule has 162 valence electrons. The molecular weight excluding hydrogens is 431 g/mol. The highest BCUT2D eigenvalue weighted by atomic mass is 19.4. The van der Waals surface area contributed by atoms with Gasteiger partial charge in [0.05, 0.1) is 40.4 Å². The molecule has 0 saturated carbocycles. The van der Waals surface area contributed by atoms with Crippen molar-refractivity contribution in [1.29, 1.82) is 10.5 Å². The topological polar surface area (TPSA) is 88.3 Å². The smallest absolute Gasteiger partial charge is 0.353 e. The van der Waals surface area contributed by atoms with Crippen molar-refractivity contribution < 1.29 is 30.7 Å². The molecule has 31 heavy (non-hydrogen) atoms. The second-order valence-corrected chi connectivity index (χ2v) is 6.80. The lowest BCUT2D eigenvalue weighted by Gasteiger charge is -2.30. The van der Waals surface area contributed by atoms with Gasteiger partial charge in [0, 0.05) is 23.1 Å². The number of nitrogens with one attached hydrogen (secondary N) is 2. The number of hydrogen-bond donors (Lipinski definition) is 2. The molecule has 2 N–H and O–H groups in total. The summed E-state index contributed by atoms with van der Waals surface area (Å²) in [5, 5.41) is 27.5. The Labute approximate surface area is 170 Å². The first-order chi connectivity index (χ1) is 14.4. The van der Waals surface area contributed by atoms with Crippen LogP contribution in [0.2, 0.25) is 0 Å². The standard InChI is InChI=1S/C19H12F7N5/c1-8-9-4-10(13(20)5-15(9)31-30-8)16-11(6-27)14(2-3-18(21,22)23)29-17(12(16)7-28)19(24,25)26/h4-5,16,29H,2-3H2,1H3,(H,30,31). The molecule has 0 amide bonds. The van der Waals surface area contributed by atoms with Crippen molar-refractivity contribution in [1.82, 2.24) is 15.5 Å². The van der Waals surface area contributed by atoms with Gasteiger partial charge in [0.1, 0.15) is 11.5 Å². The maximum Gasteiger partial charge on any atom is 0.432 e. The Kier molecular flexibility index (Phi) is 5.44. The fraction of sp³-hybridized carbons (Fsp3) is 0.316. The third-order valence-corrected chi connectivity index (χ3v) is 4.81. The largest absolute Gasteiger partial charge is 0.432 e. The Morgan fingerprint density at radius 1 is 1.06 bits per heavy atom. The molecule has 0 radical (unpaired) electrons. The molecule has 0 spiro atoms. The molecule has 1 atom stereocenters. The Morgan fingerprint density at radius 2 is 1.71 bits per heavy atom. The van der Waals surface area contributed by atoms with Crippen molar-refractivity contribution in [2.24, 2.45) is 0 Å². The number of aromatic amines is 1. The number of hydrogen-bond acceptors (Lipinski definition) is 4. The summed E-state index contributed by atoms with van der Waals surface area (Å²) >= 11 is 0. The minimum Gasteiger partial charge on any atom is -0.353 e. The third kappa shape index (κ3) is 4.19. The van der Waals surface area contributed by atoms with Gasteiger partial charge in [0.25, 0.3) is 0 Å². The number of rotatable bonds is 3. The molecule has 0 saturated heterocycles. The van der Waals surface area contributed by atoms with Crippen LogP contribution in [0, 0.1) is 35.4 Å². The molecule has 0 bridgehead atoms. The van der Waals surface area contributed by atoms with Gasteiger partial charge in [0.2, 0.25) is 0 Å². The molecule has 12 heteroatoms. The first-order valence-electron chi connectivity index (χ1n) is 8.70. The predicted molar refractivity (Wildman–Crippen MR) is 93.3 cm³/mol. The quantitative estimate of drug-likeness (QED) is 0.642. The van der Waals surface area contributed by atoms with E-state index < -0.39 is 65.0 Å². The zero-order valence-electron chi connectivity index (χ0n) is 15.6. The van der Waals surface area contributed by atoms with Gasteiger partial charge in [-0.15, -0.1) is 0 Å². The highest BCUT2D eigenvalue weighted by Crippen LogP contribution is 2.44. The van der Waals surface area contributed by atoms with Crippen LogP contribution in [0.15, 0.2) is 34.7 Å². The lowest BCUT2D eigenvalue weighted by atomic mass is 9.80. The number of aryl methyl sites for hydroxylation is 1. The second kappa shape index (κ2) is 7.61. The number of nitriles is 2. The van der Waals surface area contributed by atoms with E-state index in [-0.39, 0.29) is 5.52 Å². The van der Waals surface area contributed by atoms with Crippen molar-refractivity contribution in [2.75, 3.05) is 0 Å². The number of nitrogens with zero attached hydrogens (tertiary/aromatic N) is 3. The van der Waals surface area contributed by atoms with E-state index in [4.69, 9.17) is 0 Å². The average molecular weight is 443 g/mol. The summed E-state index contributed by atoms with van der Waals surface area (Å²) in [5.74, 6) is -2.88. The third-order valence-electron chi connectivity index (χ3n) is 4.81. The minimum atomic E-state index is -5.15. The van der Waals surface area contributed by atoms with Crippen LogP contribution in [0.4, 0.5) is 30.7 Å². The van der Waals surface area contributed by atoms with Gasteiger partial charge in [-0.1, -0.05) is 0 Å².